The number of hydrogen-bond acceptors (Lipinski definition) is 7. The molecule has 0 radical (unpaired) electrons. The summed E-state index contributed by atoms with van der Waals surface area (Å²) in [5, 5.41) is 0. The van der Waals surface area contributed by atoms with Gasteiger partial charge >= 0.3 is 0 Å². The Morgan fingerprint density at radius 2 is 1.65 bits per heavy atom. The van der Waals surface area contributed by atoms with E-state index in [1.165, 1.54) is 0 Å². The summed E-state index contributed by atoms with van der Waals surface area (Å²) >= 11 is 0. The minimum Gasteiger partial charge on any atom is -0.497 e. The van der Waals surface area contributed by atoms with Crippen molar-refractivity contribution in [3.05, 3.63) is 41.3 Å². The van der Waals surface area contributed by atoms with Gasteiger partial charge in [0.25, 0.3) is 0 Å². The second-order valence-corrected chi connectivity index (χ2v) is 10.0. The van der Waals surface area contributed by atoms with Crippen LogP contribution in [0.3, 0.4) is 0 Å². The third kappa shape index (κ3) is 4.53. The standard InChI is InChI=1S/C22H30N4O4S/c1-16-17(2)23-21(24-22(16)25-12-14-30-15-13-25)18-8-10-26(11-9-18)31(27,28)20-6-4-19(29-3)5-7-20/h4-7,18H,8-15H2,1-3H3. The van der Waals surface area contributed by atoms with Crippen molar-refractivity contribution in [3.8, 4) is 5.75 Å². The molecule has 2 saturated heterocycles. The number of aromatic nitrogens is 2. The molecule has 0 saturated carbocycles. The zero-order valence-corrected chi connectivity index (χ0v) is 19.2. The first-order valence-electron chi connectivity index (χ1n) is 10.7. The van der Waals surface area contributed by atoms with Crippen LogP contribution in [-0.2, 0) is 14.8 Å². The molecule has 0 spiro atoms. The maximum atomic E-state index is 13.0. The average molecular weight is 447 g/mol. The summed E-state index contributed by atoms with van der Waals surface area (Å²) in [5.74, 6) is 2.60. The lowest BCUT2D eigenvalue weighted by atomic mass is 9.97. The molecule has 9 heteroatoms. The van der Waals surface area contributed by atoms with Gasteiger partial charge in [0, 0.05) is 43.4 Å². The first-order chi connectivity index (χ1) is 14.9. The van der Waals surface area contributed by atoms with Gasteiger partial charge in [0.05, 0.1) is 25.2 Å². The Labute approximate surface area is 184 Å². The van der Waals surface area contributed by atoms with E-state index in [0.717, 1.165) is 36.0 Å². The predicted octanol–water partition coefficient (Wildman–Crippen LogP) is 2.51. The molecule has 8 nitrogen and oxygen atoms in total. The number of anilines is 1. The van der Waals surface area contributed by atoms with E-state index < -0.39 is 10.0 Å². The number of rotatable bonds is 5. The van der Waals surface area contributed by atoms with Crippen LogP contribution in [0.15, 0.2) is 29.2 Å². The molecule has 2 aromatic rings. The lowest BCUT2D eigenvalue weighted by molar-refractivity contribution is 0.122. The number of hydrogen-bond donors (Lipinski definition) is 0. The highest BCUT2D eigenvalue weighted by Gasteiger charge is 2.31. The number of piperidine rings is 1. The fraction of sp³-hybridized carbons (Fsp3) is 0.545. The van der Waals surface area contributed by atoms with Crippen molar-refractivity contribution in [1.82, 2.24) is 14.3 Å². The molecular formula is C22H30N4O4S. The Bertz CT molecular complexity index is 1010. The molecule has 31 heavy (non-hydrogen) atoms. The largest absolute Gasteiger partial charge is 0.497 e. The molecule has 0 unspecified atom stereocenters. The molecule has 0 aliphatic carbocycles. The number of sulfonamides is 1. The monoisotopic (exact) mass is 446 g/mol. The summed E-state index contributed by atoms with van der Waals surface area (Å²) in [5.41, 5.74) is 2.09. The van der Waals surface area contributed by atoms with Crippen LogP contribution in [0.4, 0.5) is 5.82 Å². The van der Waals surface area contributed by atoms with E-state index in [1.807, 2.05) is 6.92 Å². The van der Waals surface area contributed by atoms with Crippen molar-refractivity contribution < 1.29 is 17.9 Å². The number of aryl methyl sites for hydroxylation is 1. The third-order valence-corrected chi connectivity index (χ3v) is 8.12. The highest BCUT2D eigenvalue weighted by Crippen LogP contribution is 2.32. The quantitative estimate of drug-likeness (QED) is 0.698. The zero-order chi connectivity index (χ0) is 22.0. The normalized spacial score (nSPS) is 18.9. The fourth-order valence-corrected chi connectivity index (χ4v) is 5.62. The van der Waals surface area contributed by atoms with E-state index in [1.54, 1.807) is 35.7 Å². The van der Waals surface area contributed by atoms with Crippen LogP contribution in [0.5, 0.6) is 5.75 Å². The van der Waals surface area contributed by atoms with Gasteiger partial charge in [-0.2, -0.15) is 4.31 Å². The van der Waals surface area contributed by atoms with Crippen LogP contribution in [0.25, 0.3) is 0 Å². The summed E-state index contributed by atoms with van der Waals surface area (Å²) in [6.07, 6.45) is 1.42. The average Bonchev–Trinajstić information content (AvgIpc) is 2.81. The number of methoxy groups -OCH3 is 1. The lowest BCUT2D eigenvalue weighted by Gasteiger charge is -2.32. The Morgan fingerprint density at radius 1 is 1.00 bits per heavy atom. The molecular weight excluding hydrogens is 416 g/mol. The third-order valence-electron chi connectivity index (χ3n) is 6.21. The molecule has 168 valence electrons. The summed E-state index contributed by atoms with van der Waals surface area (Å²) in [6, 6.07) is 6.55. The summed E-state index contributed by atoms with van der Waals surface area (Å²) in [6.45, 7) is 8.08. The maximum Gasteiger partial charge on any atom is 0.243 e. The summed E-state index contributed by atoms with van der Waals surface area (Å²) in [4.78, 5) is 12.2. The van der Waals surface area contributed by atoms with E-state index in [-0.39, 0.29) is 5.92 Å². The van der Waals surface area contributed by atoms with Crippen LogP contribution < -0.4 is 9.64 Å². The van der Waals surface area contributed by atoms with Crippen LogP contribution in [0.2, 0.25) is 0 Å². The van der Waals surface area contributed by atoms with Crippen molar-refractivity contribution >= 4 is 15.8 Å². The minimum atomic E-state index is -3.52. The molecule has 3 heterocycles. The van der Waals surface area contributed by atoms with E-state index in [4.69, 9.17) is 19.4 Å². The molecule has 0 atom stereocenters. The Hall–Kier alpha value is -2.23. The van der Waals surface area contributed by atoms with Crippen LogP contribution in [0.1, 0.15) is 35.8 Å². The van der Waals surface area contributed by atoms with Gasteiger partial charge in [0.2, 0.25) is 10.0 Å². The molecule has 4 rings (SSSR count). The highest BCUT2D eigenvalue weighted by molar-refractivity contribution is 7.89. The van der Waals surface area contributed by atoms with Crippen molar-refractivity contribution in [3.63, 3.8) is 0 Å². The lowest BCUT2D eigenvalue weighted by Crippen LogP contribution is -2.39. The van der Waals surface area contributed by atoms with Crippen LogP contribution >= 0.6 is 0 Å². The molecule has 1 aromatic heterocycles. The van der Waals surface area contributed by atoms with Gasteiger partial charge in [-0.3, -0.25) is 0 Å². The Balaban J connectivity index is 1.48. The Morgan fingerprint density at radius 3 is 2.26 bits per heavy atom. The van der Waals surface area contributed by atoms with Crippen molar-refractivity contribution in [2.45, 2.75) is 37.5 Å². The predicted molar refractivity (Wildman–Crippen MR) is 118 cm³/mol. The van der Waals surface area contributed by atoms with Crippen molar-refractivity contribution in [2.75, 3.05) is 51.4 Å². The van der Waals surface area contributed by atoms with Crippen LogP contribution in [0, 0.1) is 13.8 Å². The fourth-order valence-electron chi connectivity index (χ4n) is 4.15. The molecule has 1 aromatic carbocycles. The van der Waals surface area contributed by atoms with E-state index >= 15 is 0 Å². The van der Waals surface area contributed by atoms with Gasteiger partial charge < -0.3 is 14.4 Å². The van der Waals surface area contributed by atoms with Gasteiger partial charge in [0.1, 0.15) is 17.4 Å². The summed E-state index contributed by atoms with van der Waals surface area (Å²) < 4.78 is 38.2. The molecule has 2 fully saturated rings. The second-order valence-electron chi connectivity index (χ2n) is 8.07. The van der Waals surface area contributed by atoms with Crippen molar-refractivity contribution in [2.24, 2.45) is 0 Å². The molecule has 0 N–H and O–H groups in total. The van der Waals surface area contributed by atoms with E-state index in [9.17, 15) is 8.42 Å². The smallest absolute Gasteiger partial charge is 0.243 e. The first-order valence-corrected chi connectivity index (χ1v) is 12.2. The molecule has 2 aliphatic rings. The molecule has 0 amide bonds. The van der Waals surface area contributed by atoms with Gasteiger partial charge in [-0.1, -0.05) is 0 Å². The van der Waals surface area contributed by atoms with E-state index in [0.29, 0.717) is 49.8 Å². The minimum absolute atomic E-state index is 0.154. The maximum absolute atomic E-state index is 13.0. The second kappa shape index (κ2) is 9.10. The van der Waals surface area contributed by atoms with Gasteiger partial charge in [-0.05, 0) is 51.0 Å². The summed E-state index contributed by atoms with van der Waals surface area (Å²) in [7, 11) is -1.95. The number of nitrogens with zero attached hydrogens (tertiary/aromatic N) is 4. The number of ether oxygens (including phenoxy) is 2. The van der Waals surface area contributed by atoms with Crippen molar-refractivity contribution in [1.29, 1.82) is 0 Å². The zero-order valence-electron chi connectivity index (χ0n) is 18.4. The molecule has 0 bridgehead atoms. The number of morpholine rings is 1. The van der Waals surface area contributed by atoms with Gasteiger partial charge in [-0.15, -0.1) is 0 Å². The van der Waals surface area contributed by atoms with Crippen LogP contribution in [-0.4, -0.2) is 69.2 Å². The topological polar surface area (TPSA) is 84.9 Å². The first kappa shape index (κ1) is 22.0. The number of benzene rings is 1. The Kier molecular flexibility index (Phi) is 6.45. The van der Waals surface area contributed by atoms with Gasteiger partial charge in [0.15, 0.2) is 0 Å². The molecule has 2 aliphatic heterocycles. The SMILES string of the molecule is COc1ccc(S(=O)(=O)N2CCC(c3nc(C)c(C)c(N4CCOCC4)n3)CC2)cc1. The van der Waals surface area contributed by atoms with E-state index in [2.05, 4.69) is 11.8 Å². The highest BCUT2D eigenvalue weighted by atomic mass is 32.2. The van der Waals surface area contributed by atoms with Gasteiger partial charge in [-0.25, -0.2) is 18.4 Å².